The van der Waals surface area contributed by atoms with Crippen molar-refractivity contribution in [1.82, 2.24) is 24.9 Å². The lowest BCUT2D eigenvalue weighted by molar-refractivity contribution is 0.614. The van der Waals surface area contributed by atoms with Crippen LogP contribution in [0.1, 0.15) is 11.4 Å². The monoisotopic (exact) mass is 417 g/mol. The van der Waals surface area contributed by atoms with Crippen LogP contribution in [-0.2, 0) is 6.42 Å². The molecular weight excluding hydrogens is 401 g/mol. The molecule has 5 aromatic heterocycles. The summed E-state index contributed by atoms with van der Waals surface area (Å²) in [6, 6.07) is 7.60. The van der Waals surface area contributed by atoms with E-state index in [1.54, 1.807) is 23.6 Å². The van der Waals surface area contributed by atoms with E-state index in [2.05, 4.69) is 24.9 Å². The number of anilines is 2. The highest BCUT2D eigenvalue weighted by Crippen LogP contribution is 2.31. The molecule has 0 saturated carbocycles. The lowest BCUT2D eigenvalue weighted by Crippen LogP contribution is -2.05. The van der Waals surface area contributed by atoms with Crippen molar-refractivity contribution < 1.29 is 4.39 Å². The number of aromatic amines is 1. The number of aromatic nitrogens is 5. The minimum Gasteiger partial charge on any atom is -0.397 e. The predicted octanol–water partition coefficient (Wildman–Crippen LogP) is 4.04. The largest absolute Gasteiger partial charge is 0.397 e. The Labute approximate surface area is 174 Å². The maximum atomic E-state index is 15.4. The van der Waals surface area contributed by atoms with E-state index in [1.165, 1.54) is 18.6 Å². The summed E-state index contributed by atoms with van der Waals surface area (Å²) in [5, 5.41) is 2.01. The molecule has 5 rings (SSSR count). The zero-order chi connectivity index (χ0) is 20.7. The van der Waals surface area contributed by atoms with Crippen molar-refractivity contribution in [1.29, 1.82) is 0 Å². The average molecular weight is 417 g/mol. The van der Waals surface area contributed by atoms with Gasteiger partial charge in [0.2, 0.25) is 0 Å². The Balaban J connectivity index is 1.57. The van der Waals surface area contributed by atoms with Crippen molar-refractivity contribution in [3.05, 3.63) is 71.6 Å². The first kappa shape index (κ1) is 18.2. The van der Waals surface area contributed by atoms with E-state index >= 15 is 4.39 Å². The van der Waals surface area contributed by atoms with Crippen molar-refractivity contribution in [2.24, 2.45) is 0 Å². The van der Waals surface area contributed by atoms with E-state index in [0.717, 1.165) is 16.0 Å². The molecule has 0 aliphatic carbocycles. The summed E-state index contributed by atoms with van der Waals surface area (Å²) >= 11 is 1.63. The number of nitrogen functional groups attached to an aromatic ring is 2. The van der Waals surface area contributed by atoms with E-state index < -0.39 is 5.82 Å². The Morgan fingerprint density at radius 1 is 1.07 bits per heavy atom. The first-order chi connectivity index (χ1) is 14.6. The Hall–Kier alpha value is -3.85. The lowest BCUT2D eigenvalue weighted by Gasteiger charge is -2.10. The zero-order valence-electron chi connectivity index (χ0n) is 15.6. The molecular formula is C21H16FN7S. The van der Waals surface area contributed by atoms with Crippen LogP contribution in [-0.4, -0.2) is 24.9 Å². The second-order valence-electron chi connectivity index (χ2n) is 6.75. The highest BCUT2D eigenvalue weighted by Gasteiger charge is 2.18. The Kier molecular flexibility index (Phi) is 4.36. The molecule has 0 radical (unpaired) electrons. The molecule has 0 aliphatic heterocycles. The second-order valence-corrected chi connectivity index (χ2v) is 7.70. The Morgan fingerprint density at radius 3 is 2.77 bits per heavy atom. The van der Waals surface area contributed by atoms with Gasteiger partial charge in [-0.05, 0) is 23.6 Å². The van der Waals surface area contributed by atoms with Crippen LogP contribution in [0.3, 0.4) is 0 Å². The van der Waals surface area contributed by atoms with Gasteiger partial charge in [-0.3, -0.25) is 4.98 Å². The predicted molar refractivity (Wildman–Crippen MR) is 116 cm³/mol. The maximum Gasteiger partial charge on any atom is 0.178 e. The molecule has 7 nitrogen and oxygen atoms in total. The molecule has 0 spiro atoms. The molecule has 0 atom stereocenters. The van der Waals surface area contributed by atoms with Gasteiger partial charge in [-0.25, -0.2) is 19.3 Å². The zero-order valence-corrected chi connectivity index (χ0v) is 16.4. The molecule has 5 heterocycles. The highest BCUT2D eigenvalue weighted by molar-refractivity contribution is 7.13. The minimum atomic E-state index is -0.471. The fraction of sp³-hybridized carbons (Fsp3) is 0.0476. The number of nitrogens with one attached hydrogen (secondary N) is 1. The number of nitrogens with zero attached hydrogens (tertiary/aromatic N) is 4. The van der Waals surface area contributed by atoms with Gasteiger partial charge in [0.1, 0.15) is 17.5 Å². The Bertz CT molecular complexity index is 1360. The standard InChI is InChI=1S/C21H16FN7S/c22-18-14(20(24)27-10-15(18)11-6-12(23)9-25-8-11)7-17-28-19-13(16-2-1-5-30-16)3-4-26-21(19)29-17/h1-6,8-10H,7,23H2,(H2,24,27)(H,26,28,29). The normalized spacial score (nSPS) is 11.2. The van der Waals surface area contributed by atoms with Crippen LogP contribution >= 0.6 is 11.3 Å². The summed E-state index contributed by atoms with van der Waals surface area (Å²) in [6.07, 6.45) is 6.29. The van der Waals surface area contributed by atoms with Crippen LogP contribution in [0.15, 0.2) is 54.4 Å². The van der Waals surface area contributed by atoms with Gasteiger partial charge in [-0.1, -0.05) is 6.07 Å². The van der Waals surface area contributed by atoms with E-state index in [4.69, 9.17) is 11.5 Å². The topological polar surface area (TPSA) is 119 Å². The van der Waals surface area contributed by atoms with Crippen molar-refractivity contribution in [2.75, 3.05) is 11.5 Å². The number of rotatable bonds is 4. The van der Waals surface area contributed by atoms with Gasteiger partial charge in [0.25, 0.3) is 0 Å². The summed E-state index contributed by atoms with van der Waals surface area (Å²) in [6.45, 7) is 0. The molecule has 0 unspecified atom stereocenters. The van der Waals surface area contributed by atoms with Gasteiger partial charge in [0, 0.05) is 58.3 Å². The molecule has 5 aromatic rings. The van der Waals surface area contributed by atoms with E-state index in [0.29, 0.717) is 22.7 Å². The third kappa shape index (κ3) is 3.15. The van der Waals surface area contributed by atoms with Crippen LogP contribution in [0, 0.1) is 5.82 Å². The van der Waals surface area contributed by atoms with Gasteiger partial charge >= 0.3 is 0 Å². The van der Waals surface area contributed by atoms with Crippen molar-refractivity contribution in [3.63, 3.8) is 0 Å². The number of thiophene rings is 1. The van der Waals surface area contributed by atoms with Crippen molar-refractivity contribution in [2.45, 2.75) is 6.42 Å². The summed E-state index contributed by atoms with van der Waals surface area (Å²) in [5.41, 5.74) is 15.7. The van der Waals surface area contributed by atoms with Gasteiger partial charge in [-0.15, -0.1) is 11.3 Å². The fourth-order valence-electron chi connectivity index (χ4n) is 3.37. The minimum absolute atomic E-state index is 0.111. The lowest BCUT2D eigenvalue weighted by atomic mass is 10.0. The molecule has 0 aromatic carbocycles. The number of pyridine rings is 3. The van der Waals surface area contributed by atoms with E-state index in [-0.39, 0.29) is 23.4 Å². The van der Waals surface area contributed by atoms with Gasteiger partial charge < -0.3 is 16.5 Å². The molecule has 0 fully saturated rings. The van der Waals surface area contributed by atoms with Crippen LogP contribution in [0.5, 0.6) is 0 Å². The van der Waals surface area contributed by atoms with Crippen LogP contribution < -0.4 is 11.5 Å². The molecule has 0 bridgehead atoms. The summed E-state index contributed by atoms with van der Waals surface area (Å²) in [7, 11) is 0. The van der Waals surface area contributed by atoms with Crippen molar-refractivity contribution >= 4 is 34.0 Å². The second kappa shape index (κ2) is 7.20. The smallest absolute Gasteiger partial charge is 0.178 e. The molecule has 9 heteroatoms. The summed E-state index contributed by atoms with van der Waals surface area (Å²) in [4.78, 5) is 21.4. The number of hydrogen-bond donors (Lipinski definition) is 3. The van der Waals surface area contributed by atoms with Crippen LogP contribution in [0.4, 0.5) is 15.9 Å². The van der Waals surface area contributed by atoms with Crippen molar-refractivity contribution in [3.8, 4) is 21.6 Å². The number of halogens is 1. The fourth-order valence-corrected chi connectivity index (χ4v) is 4.12. The van der Waals surface area contributed by atoms with Gasteiger partial charge in [0.05, 0.1) is 11.2 Å². The third-order valence-electron chi connectivity index (χ3n) is 4.79. The molecule has 0 saturated heterocycles. The molecule has 30 heavy (non-hydrogen) atoms. The molecule has 0 amide bonds. The first-order valence-electron chi connectivity index (χ1n) is 9.11. The molecule has 5 N–H and O–H groups in total. The number of H-pyrrole nitrogens is 1. The van der Waals surface area contributed by atoms with Gasteiger partial charge in [0.15, 0.2) is 5.65 Å². The van der Waals surface area contributed by atoms with Gasteiger partial charge in [-0.2, -0.15) is 0 Å². The summed E-state index contributed by atoms with van der Waals surface area (Å²) in [5.74, 6) is 0.193. The first-order valence-corrected chi connectivity index (χ1v) is 9.99. The highest BCUT2D eigenvalue weighted by atomic mass is 32.1. The molecule has 148 valence electrons. The number of nitrogens with two attached hydrogens (primary N) is 2. The molecule has 0 aliphatic rings. The quantitative estimate of drug-likeness (QED) is 0.406. The number of hydrogen-bond acceptors (Lipinski definition) is 7. The number of fused-ring (bicyclic) bond motifs is 1. The van der Waals surface area contributed by atoms with Crippen LogP contribution in [0.25, 0.3) is 32.7 Å². The van der Waals surface area contributed by atoms with Crippen LogP contribution in [0.2, 0.25) is 0 Å². The maximum absolute atomic E-state index is 15.4. The van der Waals surface area contributed by atoms with E-state index in [1.807, 2.05) is 23.6 Å². The SMILES string of the molecule is Nc1cncc(-c2cnc(N)c(Cc3nc4nccc(-c5cccs5)c4[nH]3)c2F)c1. The third-order valence-corrected chi connectivity index (χ3v) is 5.69. The number of imidazole rings is 1. The summed E-state index contributed by atoms with van der Waals surface area (Å²) < 4.78 is 15.4. The Morgan fingerprint density at radius 2 is 1.97 bits per heavy atom. The van der Waals surface area contributed by atoms with E-state index in [9.17, 15) is 0 Å². The average Bonchev–Trinajstić information content (AvgIpc) is 3.40.